The molecule has 1 fully saturated rings. The van der Waals surface area contributed by atoms with Gasteiger partial charge in [0.05, 0.1) is 33.4 Å². The number of benzene rings is 1. The fourth-order valence-corrected chi connectivity index (χ4v) is 3.23. The van der Waals surface area contributed by atoms with Crippen LogP contribution in [0.5, 0.6) is 11.5 Å². The van der Waals surface area contributed by atoms with Crippen molar-refractivity contribution in [3.8, 4) is 11.5 Å². The summed E-state index contributed by atoms with van der Waals surface area (Å²) in [6.07, 6.45) is 1.20. The van der Waals surface area contributed by atoms with Gasteiger partial charge < -0.3 is 29.7 Å². The maximum atomic E-state index is 11.9. The van der Waals surface area contributed by atoms with E-state index in [9.17, 15) is 4.79 Å². The van der Waals surface area contributed by atoms with Crippen molar-refractivity contribution < 1.29 is 29.2 Å². The Morgan fingerprint density at radius 3 is 2.68 bits per heavy atom. The lowest BCUT2D eigenvalue weighted by atomic mass is 10.1. The van der Waals surface area contributed by atoms with Crippen molar-refractivity contribution in [2.45, 2.75) is 39.3 Å². The molecule has 28 heavy (non-hydrogen) atoms. The van der Waals surface area contributed by atoms with E-state index in [4.69, 9.17) is 14.2 Å². The molecule has 0 unspecified atom stereocenters. The standard InChI is InChI=1S/C21H35N3O4/c1-21(2,3)23-20(25)16-28-18-7-6-17(14-19(18)26-4)15-22-8-5-9-24-10-12-27-13-11-24/h6-7,14,22H,5,8-13,15-16H2,1-4H3,(H,23,25)/p+2. The summed E-state index contributed by atoms with van der Waals surface area (Å²) >= 11 is 0. The van der Waals surface area contributed by atoms with Gasteiger partial charge in [-0.25, -0.2) is 0 Å². The lowest BCUT2D eigenvalue weighted by molar-refractivity contribution is -0.909. The predicted molar refractivity (Wildman–Crippen MR) is 108 cm³/mol. The van der Waals surface area contributed by atoms with Gasteiger partial charge in [-0.3, -0.25) is 4.79 Å². The number of amides is 1. The minimum Gasteiger partial charge on any atom is -0.493 e. The first kappa shape index (κ1) is 22.5. The quantitative estimate of drug-likeness (QED) is 0.461. The molecular weight excluding hydrogens is 358 g/mol. The summed E-state index contributed by atoms with van der Waals surface area (Å²) < 4.78 is 16.5. The number of carbonyl (C=O) groups excluding carboxylic acids is 1. The van der Waals surface area contributed by atoms with E-state index in [0.29, 0.717) is 11.5 Å². The van der Waals surface area contributed by atoms with E-state index in [1.165, 1.54) is 18.5 Å². The molecule has 1 amide bonds. The third-order valence-corrected chi connectivity index (χ3v) is 4.62. The van der Waals surface area contributed by atoms with Gasteiger partial charge in [0, 0.05) is 17.5 Å². The first-order chi connectivity index (χ1) is 13.4. The van der Waals surface area contributed by atoms with Crippen molar-refractivity contribution in [3.05, 3.63) is 23.8 Å². The first-order valence-electron chi connectivity index (χ1n) is 10.2. The van der Waals surface area contributed by atoms with Crippen molar-refractivity contribution in [2.24, 2.45) is 0 Å². The minimum absolute atomic E-state index is 0.0248. The Morgan fingerprint density at radius 1 is 1.25 bits per heavy atom. The molecule has 158 valence electrons. The molecule has 1 saturated heterocycles. The summed E-state index contributed by atoms with van der Waals surface area (Å²) in [4.78, 5) is 13.6. The number of rotatable bonds is 10. The van der Waals surface area contributed by atoms with E-state index < -0.39 is 0 Å². The highest BCUT2D eigenvalue weighted by Gasteiger charge is 2.16. The van der Waals surface area contributed by atoms with Gasteiger partial charge in [0.2, 0.25) is 0 Å². The zero-order chi connectivity index (χ0) is 20.4. The molecule has 2 rings (SSSR count). The van der Waals surface area contributed by atoms with Crippen LogP contribution in [0.3, 0.4) is 0 Å². The monoisotopic (exact) mass is 395 g/mol. The molecule has 1 aliphatic heterocycles. The lowest BCUT2D eigenvalue weighted by Gasteiger charge is -2.23. The van der Waals surface area contributed by atoms with E-state index in [-0.39, 0.29) is 18.1 Å². The van der Waals surface area contributed by atoms with E-state index in [1.807, 2.05) is 39.0 Å². The summed E-state index contributed by atoms with van der Waals surface area (Å²) in [5, 5.41) is 5.21. The number of hydrogen-bond donors (Lipinski definition) is 3. The summed E-state index contributed by atoms with van der Waals surface area (Å²) in [7, 11) is 1.62. The highest BCUT2D eigenvalue weighted by atomic mass is 16.5. The molecule has 1 aromatic rings. The average Bonchev–Trinajstić information content (AvgIpc) is 2.66. The Bertz CT molecular complexity index is 610. The van der Waals surface area contributed by atoms with Crippen LogP contribution in [-0.4, -0.2) is 64.6 Å². The van der Waals surface area contributed by atoms with Crippen LogP contribution in [0.1, 0.15) is 32.8 Å². The molecule has 1 heterocycles. The molecule has 0 radical (unpaired) electrons. The second-order valence-electron chi connectivity index (χ2n) is 8.32. The highest BCUT2D eigenvalue weighted by Crippen LogP contribution is 2.27. The zero-order valence-corrected chi connectivity index (χ0v) is 17.8. The van der Waals surface area contributed by atoms with Crippen molar-refractivity contribution in [3.63, 3.8) is 0 Å². The van der Waals surface area contributed by atoms with Crippen LogP contribution in [0.15, 0.2) is 18.2 Å². The molecular formula is C21H37N3O4+2. The molecule has 0 spiro atoms. The van der Waals surface area contributed by atoms with Gasteiger partial charge >= 0.3 is 0 Å². The van der Waals surface area contributed by atoms with Crippen LogP contribution >= 0.6 is 0 Å². The number of methoxy groups -OCH3 is 1. The van der Waals surface area contributed by atoms with Crippen molar-refractivity contribution in [1.29, 1.82) is 0 Å². The smallest absolute Gasteiger partial charge is 0.258 e. The topological polar surface area (TPSA) is 77.8 Å². The van der Waals surface area contributed by atoms with Crippen LogP contribution < -0.4 is 25.0 Å². The van der Waals surface area contributed by atoms with Gasteiger partial charge in [-0.15, -0.1) is 0 Å². The number of hydrogen-bond acceptors (Lipinski definition) is 4. The van der Waals surface area contributed by atoms with Crippen molar-refractivity contribution in [2.75, 3.05) is 53.1 Å². The van der Waals surface area contributed by atoms with Crippen LogP contribution in [0, 0.1) is 0 Å². The van der Waals surface area contributed by atoms with E-state index in [1.54, 1.807) is 12.0 Å². The summed E-state index contributed by atoms with van der Waals surface area (Å²) in [5.41, 5.74) is 0.912. The fraction of sp³-hybridized carbons (Fsp3) is 0.667. The molecule has 0 atom stereocenters. The Hall–Kier alpha value is -1.83. The summed E-state index contributed by atoms with van der Waals surface area (Å²) in [6.45, 7) is 13.1. The number of nitrogens with one attached hydrogen (secondary N) is 2. The zero-order valence-electron chi connectivity index (χ0n) is 17.8. The Balaban J connectivity index is 1.73. The van der Waals surface area contributed by atoms with E-state index >= 15 is 0 Å². The van der Waals surface area contributed by atoms with Gasteiger partial charge in [-0.1, -0.05) is 0 Å². The minimum atomic E-state index is -0.270. The van der Waals surface area contributed by atoms with Gasteiger partial charge in [0.1, 0.15) is 19.6 Å². The van der Waals surface area contributed by atoms with Crippen LogP contribution in [0.25, 0.3) is 0 Å². The molecule has 0 saturated carbocycles. The van der Waals surface area contributed by atoms with Crippen molar-refractivity contribution >= 4 is 5.91 Å². The maximum absolute atomic E-state index is 11.9. The average molecular weight is 396 g/mol. The molecule has 4 N–H and O–H groups in total. The molecule has 0 aromatic heterocycles. The predicted octanol–water partition coefficient (Wildman–Crippen LogP) is -0.643. The van der Waals surface area contributed by atoms with Crippen LogP contribution in [0.2, 0.25) is 0 Å². The highest BCUT2D eigenvalue weighted by molar-refractivity contribution is 5.78. The molecule has 7 nitrogen and oxygen atoms in total. The molecule has 7 heteroatoms. The second-order valence-corrected chi connectivity index (χ2v) is 8.32. The third-order valence-electron chi connectivity index (χ3n) is 4.62. The number of ether oxygens (including phenoxy) is 3. The van der Waals surface area contributed by atoms with Crippen molar-refractivity contribution in [1.82, 2.24) is 5.32 Å². The number of nitrogens with two attached hydrogens (primary N) is 1. The number of quaternary nitrogens is 2. The molecule has 1 aliphatic rings. The third kappa shape index (κ3) is 8.46. The van der Waals surface area contributed by atoms with E-state index in [2.05, 4.69) is 10.6 Å². The SMILES string of the molecule is COc1cc(C[NH2+]CCC[NH+]2CCOCC2)ccc1OCC(=O)NC(C)(C)C. The normalized spacial score (nSPS) is 15.3. The molecule has 0 aliphatic carbocycles. The first-order valence-corrected chi connectivity index (χ1v) is 10.2. The van der Waals surface area contributed by atoms with E-state index in [0.717, 1.165) is 39.4 Å². The van der Waals surface area contributed by atoms with Gasteiger partial charge in [-0.2, -0.15) is 0 Å². The Kier molecular flexibility index (Phi) is 9.02. The van der Waals surface area contributed by atoms with Gasteiger partial charge in [0.15, 0.2) is 18.1 Å². The molecule has 1 aromatic carbocycles. The summed E-state index contributed by atoms with van der Waals surface area (Å²) in [5.74, 6) is 1.10. The number of morpholine rings is 1. The van der Waals surface area contributed by atoms with Crippen LogP contribution in [-0.2, 0) is 16.1 Å². The Morgan fingerprint density at radius 2 is 2.00 bits per heavy atom. The largest absolute Gasteiger partial charge is 0.493 e. The molecule has 0 bridgehead atoms. The van der Waals surface area contributed by atoms with Crippen LogP contribution in [0.4, 0.5) is 0 Å². The second kappa shape index (κ2) is 11.2. The van der Waals surface area contributed by atoms with Gasteiger partial charge in [0.25, 0.3) is 5.91 Å². The Labute approximate surface area is 168 Å². The summed E-state index contributed by atoms with van der Waals surface area (Å²) in [6, 6.07) is 5.90. The van der Waals surface area contributed by atoms with Gasteiger partial charge in [-0.05, 0) is 39.0 Å². The lowest BCUT2D eigenvalue weighted by Crippen LogP contribution is -3.14. The maximum Gasteiger partial charge on any atom is 0.258 e. The number of carbonyl (C=O) groups is 1. The fourth-order valence-electron chi connectivity index (χ4n) is 3.23.